The first-order valence-corrected chi connectivity index (χ1v) is 6.86. The van der Waals surface area contributed by atoms with Crippen LogP contribution in [0, 0.1) is 5.41 Å². The monoisotopic (exact) mass is 288 g/mol. The van der Waals surface area contributed by atoms with Crippen LogP contribution in [0.1, 0.15) is 26.3 Å². The SMILES string of the molecule is CC(C)(C)C(NC(=O)Cc1c[nH]c2ccccc12)C(=O)O. The number of aromatic nitrogens is 1. The molecule has 3 N–H and O–H groups in total. The molecule has 0 aliphatic carbocycles. The molecule has 1 aromatic heterocycles. The number of hydrogen-bond acceptors (Lipinski definition) is 2. The van der Waals surface area contributed by atoms with Crippen molar-refractivity contribution in [3.8, 4) is 0 Å². The molecule has 21 heavy (non-hydrogen) atoms. The summed E-state index contributed by atoms with van der Waals surface area (Å²) in [5, 5.41) is 12.8. The minimum absolute atomic E-state index is 0.157. The first-order chi connectivity index (χ1) is 9.79. The van der Waals surface area contributed by atoms with E-state index in [9.17, 15) is 14.7 Å². The van der Waals surface area contributed by atoms with Gasteiger partial charge in [-0.2, -0.15) is 0 Å². The predicted octanol–water partition coefficient (Wildman–Crippen LogP) is 2.33. The quantitative estimate of drug-likeness (QED) is 0.807. The molecule has 1 atom stereocenters. The molecule has 112 valence electrons. The number of para-hydroxylation sites is 1. The molecule has 0 saturated carbocycles. The van der Waals surface area contributed by atoms with Gasteiger partial charge >= 0.3 is 5.97 Å². The number of amides is 1. The number of carboxylic acid groups (broad SMARTS) is 1. The molecule has 2 aromatic rings. The van der Waals surface area contributed by atoms with E-state index in [0.29, 0.717) is 0 Å². The second-order valence-electron chi connectivity index (χ2n) is 6.24. The van der Waals surface area contributed by atoms with E-state index in [-0.39, 0.29) is 12.3 Å². The smallest absolute Gasteiger partial charge is 0.326 e. The Morgan fingerprint density at radius 1 is 1.29 bits per heavy atom. The predicted molar refractivity (Wildman–Crippen MR) is 81.0 cm³/mol. The van der Waals surface area contributed by atoms with E-state index < -0.39 is 17.4 Å². The van der Waals surface area contributed by atoms with Crippen molar-refractivity contribution in [1.82, 2.24) is 10.3 Å². The zero-order valence-corrected chi connectivity index (χ0v) is 12.4. The van der Waals surface area contributed by atoms with Gasteiger partial charge in [0, 0.05) is 17.1 Å². The van der Waals surface area contributed by atoms with Gasteiger partial charge in [-0.3, -0.25) is 4.79 Å². The summed E-state index contributed by atoms with van der Waals surface area (Å²) in [4.78, 5) is 26.5. The van der Waals surface area contributed by atoms with Crippen molar-refractivity contribution in [2.45, 2.75) is 33.2 Å². The summed E-state index contributed by atoms with van der Waals surface area (Å²) in [5.41, 5.74) is 1.29. The fourth-order valence-electron chi connectivity index (χ4n) is 2.31. The van der Waals surface area contributed by atoms with Crippen molar-refractivity contribution in [3.05, 3.63) is 36.0 Å². The largest absolute Gasteiger partial charge is 0.480 e. The van der Waals surface area contributed by atoms with Crippen molar-refractivity contribution in [1.29, 1.82) is 0 Å². The van der Waals surface area contributed by atoms with Gasteiger partial charge in [-0.15, -0.1) is 0 Å². The fourth-order valence-corrected chi connectivity index (χ4v) is 2.31. The van der Waals surface area contributed by atoms with Gasteiger partial charge in [0.1, 0.15) is 6.04 Å². The maximum Gasteiger partial charge on any atom is 0.326 e. The molecule has 1 heterocycles. The first-order valence-electron chi connectivity index (χ1n) is 6.86. The maximum absolute atomic E-state index is 12.1. The Balaban J connectivity index is 2.13. The van der Waals surface area contributed by atoms with Gasteiger partial charge in [-0.05, 0) is 17.0 Å². The number of rotatable bonds is 4. The van der Waals surface area contributed by atoms with E-state index in [1.165, 1.54) is 0 Å². The zero-order valence-electron chi connectivity index (χ0n) is 12.4. The van der Waals surface area contributed by atoms with Crippen LogP contribution in [0.25, 0.3) is 10.9 Å². The molecule has 2 rings (SSSR count). The number of carboxylic acids is 1. The topological polar surface area (TPSA) is 82.2 Å². The van der Waals surface area contributed by atoms with Crippen LogP contribution in [0.4, 0.5) is 0 Å². The summed E-state index contributed by atoms with van der Waals surface area (Å²) in [6.07, 6.45) is 1.95. The molecule has 0 spiro atoms. The van der Waals surface area contributed by atoms with E-state index in [0.717, 1.165) is 16.5 Å². The molecule has 1 amide bonds. The second kappa shape index (κ2) is 5.60. The lowest BCUT2D eigenvalue weighted by molar-refractivity contribution is -0.144. The van der Waals surface area contributed by atoms with Crippen LogP contribution < -0.4 is 5.32 Å². The molecule has 0 aliphatic rings. The van der Waals surface area contributed by atoms with E-state index in [4.69, 9.17) is 0 Å². The second-order valence-corrected chi connectivity index (χ2v) is 6.24. The molecule has 0 aliphatic heterocycles. The number of hydrogen-bond donors (Lipinski definition) is 3. The van der Waals surface area contributed by atoms with Crippen LogP contribution in [-0.2, 0) is 16.0 Å². The van der Waals surface area contributed by atoms with Crippen molar-refractivity contribution in [2.75, 3.05) is 0 Å². The van der Waals surface area contributed by atoms with Crippen LogP contribution in [0.5, 0.6) is 0 Å². The van der Waals surface area contributed by atoms with Crippen molar-refractivity contribution in [2.24, 2.45) is 5.41 Å². The average molecular weight is 288 g/mol. The summed E-state index contributed by atoms with van der Waals surface area (Å²) in [7, 11) is 0. The summed E-state index contributed by atoms with van der Waals surface area (Å²) in [5.74, 6) is -1.31. The van der Waals surface area contributed by atoms with Crippen molar-refractivity contribution in [3.63, 3.8) is 0 Å². The normalized spacial score (nSPS) is 13.1. The van der Waals surface area contributed by atoms with Gasteiger partial charge < -0.3 is 15.4 Å². The highest BCUT2D eigenvalue weighted by Gasteiger charge is 2.32. The Labute approximate surface area is 123 Å². The first kappa shape index (κ1) is 15.1. The Morgan fingerprint density at radius 2 is 1.95 bits per heavy atom. The number of aromatic amines is 1. The Bertz CT molecular complexity index is 667. The fraction of sp³-hybridized carbons (Fsp3) is 0.375. The summed E-state index contributed by atoms with van der Waals surface area (Å²) in [6.45, 7) is 5.37. The lowest BCUT2D eigenvalue weighted by Crippen LogP contribution is -2.49. The molecule has 5 nitrogen and oxygen atoms in total. The molecule has 0 radical (unpaired) electrons. The molecular formula is C16H20N2O3. The molecule has 1 unspecified atom stereocenters. The van der Waals surface area contributed by atoms with Crippen LogP contribution >= 0.6 is 0 Å². The lowest BCUT2D eigenvalue weighted by atomic mass is 9.86. The minimum Gasteiger partial charge on any atom is -0.480 e. The van der Waals surface area contributed by atoms with Gasteiger partial charge in [0.2, 0.25) is 5.91 Å². The highest BCUT2D eigenvalue weighted by molar-refractivity contribution is 5.90. The Kier molecular flexibility index (Phi) is 4.02. The number of benzene rings is 1. The van der Waals surface area contributed by atoms with E-state index in [1.54, 1.807) is 27.0 Å². The standard InChI is InChI=1S/C16H20N2O3/c1-16(2,3)14(15(20)21)18-13(19)8-10-9-17-12-7-5-4-6-11(10)12/h4-7,9,14,17H,8H2,1-3H3,(H,18,19)(H,20,21). The number of H-pyrrole nitrogens is 1. The van der Waals surface area contributed by atoms with Gasteiger partial charge in [0.25, 0.3) is 0 Å². The number of aliphatic carboxylic acids is 1. The van der Waals surface area contributed by atoms with Gasteiger partial charge in [0.15, 0.2) is 0 Å². The van der Waals surface area contributed by atoms with Gasteiger partial charge in [-0.25, -0.2) is 4.79 Å². The van der Waals surface area contributed by atoms with Crippen molar-refractivity contribution >= 4 is 22.8 Å². The zero-order chi connectivity index (χ0) is 15.6. The third-order valence-corrected chi connectivity index (χ3v) is 3.44. The summed E-state index contributed by atoms with van der Waals surface area (Å²) in [6, 6.07) is 6.80. The number of carbonyl (C=O) groups is 2. The minimum atomic E-state index is -1.02. The van der Waals surface area contributed by atoms with Gasteiger partial charge in [-0.1, -0.05) is 39.0 Å². The van der Waals surface area contributed by atoms with E-state index in [2.05, 4.69) is 10.3 Å². The lowest BCUT2D eigenvalue weighted by Gasteiger charge is -2.27. The van der Waals surface area contributed by atoms with Crippen LogP contribution in [-0.4, -0.2) is 28.0 Å². The van der Waals surface area contributed by atoms with Crippen LogP contribution in [0.2, 0.25) is 0 Å². The summed E-state index contributed by atoms with van der Waals surface area (Å²) >= 11 is 0. The number of nitrogens with one attached hydrogen (secondary N) is 2. The van der Waals surface area contributed by atoms with E-state index in [1.807, 2.05) is 24.3 Å². The molecule has 0 saturated heterocycles. The van der Waals surface area contributed by atoms with Gasteiger partial charge in [0.05, 0.1) is 6.42 Å². The Hall–Kier alpha value is -2.30. The molecule has 1 aromatic carbocycles. The summed E-state index contributed by atoms with van der Waals surface area (Å²) < 4.78 is 0. The van der Waals surface area contributed by atoms with Crippen LogP contribution in [0.3, 0.4) is 0 Å². The highest BCUT2D eigenvalue weighted by Crippen LogP contribution is 2.21. The highest BCUT2D eigenvalue weighted by atomic mass is 16.4. The molecule has 5 heteroatoms. The molecule has 0 bridgehead atoms. The number of carbonyl (C=O) groups excluding carboxylic acids is 1. The average Bonchev–Trinajstić information content (AvgIpc) is 2.78. The third-order valence-electron chi connectivity index (χ3n) is 3.44. The Morgan fingerprint density at radius 3 is 2.57 bits per heavy atom. The third kappa shape index (κ3) is 3.42. The maximum atomic E-state index is 12.1. The number of fused-ring (bicyclic) bond motifs is 1. The molecular weight excluding hydrogens is 268 g/mol. The van der Waals surface area contributed by atoms with E-state index >= 15 is 0 Å². The van der Waals surface area contributed by atoms with Crippen LogP contribution in [0.15, 0.2) is 30.5 Å². The van der Waals surface area contributed by atoms with Crippen molar-refractivity contribution < 1.29 is 14.7 Å². The molecule has 0 fully saturated rings.